The van der Waals surface area contributed by atoms with E-state index in [0.29, 0.717) is 24.9 Å². The van der Waals surface area contributed by atoms with E-state index in [2.05, 4.69) is 26.1 Å². The zero-order valence-corrected chi connectivity index (χ0v) is 18.7. The minimum Gasteiger partial charge on any atom is -0.433 e. The van der Waals surface area contributed by atoms with Gasteiger partial charge in [0.05, 0.1) is 6.42 Å². The Morgan fingerprint density at radius 1 is 1.15 bits per heavy atom. The highest BCUT2D eigenvalue weighted by Crippen LogP contribution is 2.69. The molecule has 8 heteroatoms. The second-order valence-corrected chi connectivity index (χ2v) is 11.7. The molecule has 2 fully saturated rings. The summed E-state index contributed by atoms with van der Waals surface area (Å²) in [6, 6.07) is 0.711. The quantitative estimate of drug-likeness (QED) is 0.237. The molecule has 27 heavy (non-hydrogen) atoms. The first-order chi connectivity index (χ1) is 12.6. The van der Waals surface area contributed by atoms with E-state index in [0.717, 1.165) is 25.8 Å². The van der Waals surface area contributed by atoms with Crippen LogP contribution in [0.1, 0.15) is 52.9 Å². The van der Waals surface area contributed by atoms with Crippen LogP contribution in [0.2, 0.25) is 6.04 Å². The normalized spacial score (nSPS) is 32.0. The third-order valence-electron chi connectivity index (χ3n) is 7.38. The van der Waals surface area contributed by atoms with E-state index < -0.39 is 14.6 Å². The molecule has 2 saturated carbocycles. The van der Waals surface area contributed by atoms with E-state index in [1.165, 1.54) is 0 Å². The van der Waals surface area contributed by atoms with Gasteiger partial charge < -0.3 is 28.4 Å². The first kappa shape index (κ1) is 22.8. The van der Waals surface area contributed by atoms with Crippen molar-refractivity contribution in [1.29, 1.82) is 0 Å². The van der Waals surface area contributed by atoms with Crippen LogP contribution in [0.4, 0.5) is 0 Å². The maximum atomic E-state index is 12.3. The van der Waals surface area contributed by atoms with Crippen molar-refractivity contribution in [1.82, 2.24) is 5.32 Å². The Balaban J connectivity index is 1.70. The molecule has 7 nitrogen and oxygen atoms in total. The molecule has 0 aromatic carbocycles. The molecule has 2 aliphatic carbocycles. The van der Waals surface area contributed by atoms with Gasteiger partial charge in [0.25, 0.3) is 0 Å². The highest BCUT2D eigenvalue weighted by molar-refractivity contribution is 6.60. The van der Waals surface area contributed by atoms with Crippen LogP contribution in [-0.2, 0) is 22.8 Å². The fourth-order valence-corrected chi connectivity index (χ4v) is 6.63. The molecule has 2 N–H and O–H groups in total. The Labute approximate surface area is 164 Å². The van der Waals surface area contributed by atoms with E-state index in [1.54, 1.807) is 21.3 Å². The Kier molecular flexibility index (Phi) is 7.14. The number of nitrogens with one attached hydrogen (secondary N) is 1. The fraction of sp³-hybridized carbons (Fsp3) is 0.947. The molecule has 0 aliphatic heterocycles. The zero-order valence-electron chi connectivity index (χ0n) is 17.7. The van der Waals surface area contributed by atoms with Crippen LogP contribution in [0.3, 0.4) is 0 Å². The van der Waals surface area contributed by atoms with Crippen molar-refractivity contribution in [2.45, 2.75) is 64.7 Å². The highest BCUT2D eigenvalue weighted by atomic mass is 28.4. The van der Waals surface area contributed by atoms with Crippen molar-refractivity contribution >= 4 is 14.8 Å². The predicted molar refractivity (Wildman–Crippen MR) is 104 cm³/mol. The third kappa shape index (κ3) is 4.11. The monoisotopic (exact) mass is 403 g/mol. The number of carbonyl (C=O) groups is 1. The molecule has 0 aromatic rings. The number of aliphatic hydroxyl groups is 1. The van der Waals surface area contributed by atoms with E-state index >= 15 is 0 Å². The van der Waals surface area contributed by atoms with Gasteiger partial charge in [0.2, 0.25) is 5.79 Å². The second-order valence-electron chi connectivity index (χ2n) is 8.65. The average Bonchev–Trinajstić information content (AvgIpc) is 2.93. The lowest BCUT2D eigenvalue weighted by molar-refractivity contribution is -0.260. The maximum Gasteiger partial charge on any atom is 0.500 e. The first-order valence-electron chi connectivity index (χ1n) is 9.90. The van der Waals surface area contributed by atoms with Crippen LogP contribution in [0.5, 0.6) is 0 Å². The van der Waals surface area contributed by atoms with Gasteiger partial charge in [-0.3, -0.25) is 4.79 Å². The van der Waals surface area contributed by atoms with Gasteiger partial charge in [0.15, 0.2) is 0 Å². The molecule has 2 bridgehead atoms. The molecule has 3 atom stereocenters. The molecule has 0 amide bonds. The number of esters is 1. The third-order valence-corrected chi connectivity index (χ3v) is 10.2. The number of hydrogen-bond donors (Lipinski definition) is 2. The fourth-order valence-electron chi connectivity index (χ4n) is 4.91. The Morgan fingerprint density at radius 2 is 1.78 bits per heavy atom. The summed E-state index contributed by atoms with van der Waals surface area (Å²) in [4.78, 5) is 12.3. The van der Waals surface area contributed by atoms with Crippen molar-refractivity contribution in [3.63, 3.8) is 0 Å². The average molecular weight is 404 g/mol. The van der Waals surface area contributed by atoms with Gasteiger partial charge in [-0.15, -0.1) is 0 Å². The standard InChI is InChI=1S/C19H37NO6Si/c1-17(2)15-8-10-18(17,3)19(22,14-15)26-16(21)9-12-20-11-7-13-27(23-4,24-5)25-6/h15,20,22H,7-14H2,1-6H3/t15-,18-,19-/m1/s1. The summed E-state index contributed by atoms with van der Waals surface area (Å²) in [7, 11) is 2.28. The lowest BCUT2D eigenvalue weighted by Crippen LogP contribution is -2.50. The highest BCUT2D eigenvalue weighted by Gasteiger charge is 2.70. The van der Waals surface area contributed by atoms with Gasteiger partial charge >= 0.3 is 14.8 Å². The molecule has 0 heterocycles. The zero-order chi connectivity index (χ0) is 20.3. The first-order valence-corrected chi connectivity index (χ1v) is 11.8. The Bertz CT molecular complexity index is 518. The molecule has 0 unspecified atom stereocenters. The van der Waals surface area contributed by atoms with Crippen molar-refractivity contribution in [2.75, 3.05) is 34.4 Å². The Morgan fingerprint density at radius 3 is 2.26 bits per heavy atom. The van der Waals surface area contributed by atoms with Crippen molar-refractivity contribution in [3.05, 3.63) is 0 Å². The number of fused-ring (bicyclic) bond motifs is 2. The SMILES string of the molecule is CO[Si](CCCNCCC(=O)O[C@]1(O)C[C@H]2CC[C@]1(C)C2(C)C)(OC)OC. The summed E-state index contributed by atoms with van der Waals surface area (Å²) >= 11 is 0. The van der Waals surface area contributed by atoms with Crippen LogP contribution >= 0.6 is 0 Å². The van der Waals surface area contributed by atoms with Gasteiger partial charge in [-0.2, -0.15) is 0 Å². The lowest BCUT2D eigenvalue weighted by atomic mass is 9.68. The molecule has 0 spiro atoms. The van der Waals surface area contributed by atoms with Crippen LogP contribution in [0, 0.1) is 16.7 Å². The lowest BCUT2D eigenvalue weighted by Gasteiger charge is -2.43. The molecule has 0 saturated heterocycles. The summed E-state index contributed by atoms with van der Waals surface area (Å²) < 4.78 is 21.8. The molecule has 2 rings (SSSR count). The van der Waals surface area contributed by atoms with Gasteiger partial charge in [-0.1, -0.05) is 20.8 Å². The van der Waals surface area contributed by atoms with Crippen molar-refractivity contribution in [2.24, 2.45) is 16.7 Å². The van der Waals surface area contributed by atoms with Crippen molar-refractivity contribution < 1.29 is 27.9 Å². The van der Waals surface area contributed by atoms with Gasteiger partial charge in [-0.25, -0.2) is 0 Å². The summed E-state index contributed by atoms with van der Waals surface area (Å²) in [5.74, 6) is -1.27. The number of carbonyl (C=O) groups excluding carboxylic acids is 1. The maximum absolute atomic E-state index is 12.3. The van der Waals surface area contributed by atoms with Crippen LogP contribution in [0.25, 0.3) is 0 Å². The molecular weight excluding hydrogens is 366 g/mol. The molecular formula is C19H37NO6Si. The summed E-state index contributed by atoms with van der Waals surface area (Å²) in [6.07, 6.45) is 3.62. The van der Waals surface area contributed by atoms with Gasteiger partial charge in [-0.05, 0) is 37.1 Å². The smallest absolute Gasteiger partial charge is 0.433 e. The van der Waals surface area contributed by atoms with E-state index in [9.17, 15) is 9.90 Å². The number of hydrogen-bond acceptors (Lipinski definition) is 7. The predicted octanol–water partition coefficient (Wildman–Crippen LogP) is 2.31. The van der Waals surface area contributed by atoms with Crippen LogP contribution < -0.4 is 5.32 Å². The molecule has 2 aliphatic rings. The van der Waals surface area contributed by atoms with E-state index in [1.807, 2.05) is 0 Å². The van der Waals surface area contributed by atoms with Gasteiger partial charge in [0.1, 0.15) is 0 Å². The van der Waals surface area contributed by atoms with E-state index in [4.69, 9.17) is 18.0 Å². The van der Waals surface area contributed by atoms with Crippen LogP contribution in [-0.4, -0.2) is 60.1 Å². The number of rotatable bonds is 11. The van der Waals surface area contributed by atoms with Crippen LogP contribution in [0.15, 0.2) is 0 Å². The topological polar surface area (TPSA) is 86.3 Å². The van der Waals surface area contributed by atoms with Gasteiger partial charge in [0, 0.05) is 45.8 Å². The Hall–Kier alpha value is -0.513. The minimum atomic E-state index is -2.53. The van der Waals surface area contributed by atoms with E-state index in [-0.39, 0.29) is 23.2 Å². The summed E-state index contributed by atoms with van der Waals surface area (Å²) in [5.41, 5.74) is -0.386. The largest absolute Gasteiger partial charge is 0.500 e. The number of ether oxygens (including phenoxy) is 1. The molecule has 0 aromatic heterocycles. The molecule has 0 radical (unpaired) electrons. The molecule has 158 valence electrons. The second kappa shape index (κ2) is 8.47. The van der Waals surface area contributed by atoms with Crippen molar-refractivity contribution in [3.8, 4) is 0 Å². The summed E-state index contributed by atoms with van der Waals surface area (Å²) in [6.45, 7) is 7.67. The summed E-state index contributed by atoms with van der Waals surface area (Å²) in [5, 5.41) is 14.3. The minimum absolute atomic E-state index is 0.0132.